The van der Waals surface area contributed by atoms with Gasteiger partial charge >= 0.3 is 5.97 Å². The molecule has 94 valence electrons. The minimum Gasteiger partial charge on any atom is -0.480 e. The van der Waals surface area contributed by atoms with Crippen molar-refractivity contribution in [2.75, 3.05) is 0 Å². The summed E-state index contributed by atoms with van der Waals surface area (Å²) in [4.78, 5) is 22.6. The first-order chi connectivity index (χ1) is 7.37. The molecule has 0 aliphatic rings. The van der Waals surface area contributed by atoms with Gasteiger partial charge in [0.1, 0.15) is 6.04 Å². The second-order valence-corrected chi connectivity index (χ2v) is 4.55. The van der Waals surface area contributed by atoms with Crippen LogP contribution in [0.5, 0.6) is 0 Å². The van der Waals surface area contributed by atoms with Crippen LogP contribution in [0.2, 0.25) is 0 Å². The molecule has 0 bridgehead atoms. The molecule has 0 aliphatic heterocycles. The van der Waals surface area contributed by atoms with Crippen LogP contribution < -0.4 is 5.32 Å². The highest BCUT2D eigenvalue weighted by Crippen LogP contribution is 2.28. The summed E-state index contributed by atoms with van der Waals surface area (Å²) < 4.78 is 0. The molecular formula is C12H23NO3. The fourth-order valence-corrected chi connectivity index (χ4v) is 1.45. The number of carboxylic acid groups (broad SMARTS) is 1. The Morgan fingerprint density at radius 1 is 1.38 bits per heavy atom. The van der Waals surface area contributed by atoms with Crippen molar-refractivity contribution in [3.05, 3.63) is 0 Å². The minimum absolute atomic E-state index is 0.154. The maximum Gasteiger partial charge on any atom is 0.325 e. The van der Waals surface area contributed by atoms with Crippen molar-refractivity contribution < 1.29 is 14.7 Å². The number of carbonyl (C=O) groups excluding carboxylic acids is 1. The highest BCUT2D eigenvalue weighted by molar-refractivity contribution is 5.86. The van der Waals surface area contributed by atoms with E-state index in [9.17, 15) is 9.59 Å². The van der Waals surface area contributed by atoms with Gasteiger partial charge in [-0.1, -0.05) is 33.6 Å². The average Bonchev–Trinajstić information content (AvgIpc) is 2.25. The summed E-state index contributed by atoms with van der Waals surface area (Å²) in [5.74, 6) is -1.15. The van der Waals surface area contributed by atoms with E-state index in [4.69, 9.17) is 5.11 Å². The molecule has 2 N–H and O–H groups in total. The van der Waals surface area contributed by atoms with Crippen LogP contribution in [-0.2, 0) is 9.59 Å². The predicted octanol–water partition coefficient (Wildman–Crippen LogP) is 2.18. The molecule has 16 heavy (non-hydrogen) atoms. The van der Waals surface area contributed by atoms with E-state index in [2.05, 4.69) is 12.2 Å². The molecule has 0 aromatic heterocycles. The van der Waals surface area contributed by atoms with E-state index >= 15 is 0 Å². The van der Waals surface area contributed by atoms with Crippen LogP contribution in [0.1, 0.15) is 53.4 Å². The molecule has 2 unspecified atom stereocenters. The smallest absolute Gasteiger partial charge is 0.325 e. The zero-order chi connectivity index (χ0) is 12.8. The van der Waals surface area contributed by atoms with E-state index in [0.29, 0.717) is 0 Å². The summed E-state index contributed by atoms with van der Waals surface area (Å²) in [6.45, 7) is 7.41. The first-order valence-electron chi connectivity index (χ1n) is 5.91. The summed E-state index contributed by atoms with van der Waals surface area (Å²) in [7, 11) is 0. The van der Waals surface area contributed by atoms with E-state index in [0.717, 1.165) is 25.7 Å². The number of unbranched alkanes of at least 4 members (excludes halogenated alkanes) is 1. The standard InChI is InChI=1S/C12H23NO3/c1-5-7-8-12(4,6-2)11(16)13-9(3)10(14)15/h9H,5-8H2,1-4H3,(H,13,16)(H,14,15). The Hall–Kier alpha value is -1.06. The van der Waals surface area contributed by atoms with E-state index in [1.807, 2.05) is 13.8 Å². The summed E-state index contributed by atoms with van der Waals surface area (Å²) in [6.07, 6.45) is 3.56. The lowest BCUT2D eigenvalue weighted by molar-refractivity contribution is -0.143. The van der Waals surface area contributed by atoms with Gasteiger partial charge in [-0.15, -0.1) is 0 Å². The van der Waals surface area contributed by atoms with Crippen LogP contribution in [0.25, 0.3) is 0 Å². The first kappa shape index (κ1) is 14.9. The normalized spacial score (nSPS) is 16.2. The lowest BCUT2D eigenvalue weighted by atomic mass is 9.81. The molecule has 0 saturated heterocycles. The van der Waals surface area contributed by atoms with Gasteiger partial charge in [-0.05, 0) is 19.8 Å². The van der Waals surface area contributed by atoms with Gasteiger partial charge in [0.15, 0.2) is 0 Å². The second kappa shape index (κ2) is 6.51. The van der Waals surface area contributed by atoms with Crippen LogP contribution >= 0.6 is 0 Å². The van der Waals surface area contributed by atoms with Gasteiger partial charge in [0.25, 0.3) is 0 Å². The lowest BCUT2D eigenvalue weighted by Gasteiger charge is -2.27. The van der Waals surface area contributed by atoms with Gasteiger partial charge < -0.3 is 10.4 Å². The van der Waals surface area contributed by atoms with Crippen molar-refractivity contribution in [2.24, 2.45) is 5.41 Å². The summed E-state index contributed by atoms with van der Waals surface area (Å²) >= 11 is 0. The number of rotatable bonds is 7. The Morgan fingerprint density at radius 2 is 1.94 bits per heavy atom. The fraction of sp³-hybridized carbons (Fsp3) is 0.833. The number of nitrogens with one attached hydrogen (secondary N) is 1. The van der Waals surface area contributed by atoms with Gasteiger partial charge in [0.05, 0.1) is 0 Å². The van der Waals surface area contributed by atoms with Crippen molar-refractivity contribution in [3.8, 4) is 0 Å². The van der Waals surface area contributed by atoms with Gasteiger partial charge in [-0.2, -0.15) is 0 Å². The Kier molecular flexibility index (Phi) is 6.08. The van der Waals surface area contributed by atoms with Gasteiger partial charge in [-0.25, -0.2) is 0 Å². The zero-order valence-corrected chi connectivity index (χ0v) is 10.7. The third kappa shape index (κ3) is 4.21. The Balaban J connectivity index is 4.45. The van der Waals surface area contributed by atoms with Crippen LogP contribution in [0.15, 0.2) is 0 Å². The van der Waals surface area contributed by atoms with Crippen molar-refractivity contribution in [2.45, 2.75) is 59.4 Å². The molecule has 0 aromatic carbocycles. The molecule has 4 heteroatoms. The third-order valence-electron chi connectivity index (χ3n) is 3.13. The molecule has 0 rings (SSSR count). The van der Waals surface area contributed by atoms with Crippen LogP contribution in [-0.4, -0.2) is 23.0 Å². The Morgan fingerprint density at radius 3 is 2.31 bits per heavy atom. The van der Waals surface area contributed by atoms with Gasteiger partial charge in [0.2, 0.25) is 5.91 Å². The van der Waals surface area contributed by atoms with Crippen LogP contribution in [0.4, 0.5) is 0 Å². The summed E-state index contributed by atoms with van der Waals surface area (Å²) in [5.41, 5.74) is -0.445. The minimum atomic E-state index is -0.998. The SMILES string of the molecule is CCCCC(C)(CC)C(=O)NC(C)C(=O)O. The quantitative estimate of drug-likeness (QED) is 0.703. The van der Waals surface area contributed by atoms with Gasteiger partial charge in [-0.3, -0.25) is 9.59 Å². The van der Waals surface area contributed by atoms with E-state index in [1.165, 1.54) is 6.92 Å². The summed E-state index contributed by atoms with van der Waals surface area (Å²) in [6, 6.07) is -0.819. The predicted molar refractivity (Wildman–Crippen MR) is 63.2 cm³/mol. The molecule has 0 aromatic rings. The highest BCUT2D eigenvalue weighted by atomic mass is 16.4. The Labute approximate surface area is 97.4 Å². The van der Waals surface area contributed by atoms with Crippen molar-refractivity contribution >= 4 is 11.9 Å². The molecule has 0 heterocycles. The maximum absolute atomic E-state index is 11.9. The van der Waals surface area contributed by atoms with Crippen molar-refractivity contribution in [3.63, 3.8) is 0 Å². The maximum atomic E-state index is 11.9. The topological polar surface area (TPSA) is 66.4 Å². The number of hydrogen-bond acceptors (Lipinski definition) is 2. The molecule has 0 radical (unpaired) electrons. The molecule has 0 spiro atoms. The molecule has 0 saturated carbocycles. The van der Waals surface area contributed by atoms with Crippen molar-refractivity contribution in [1.82, 2.24) is 5.32 Å². The van der Waals surface area contributed by atoms with Gasteiger partial charge in [0, 0.05) is 5.41 Å². The van der Waals surface area contributed by atoms with E-state index in [1.54, 1.807) is 0 Å². The monoisotopic (exact) mass is 229 g/mol. The van der Waals surface area contributed by atoms with Crippen LogP contribution in [0, 0.1) is 5.41 Å². The lowest BCUT2D eigenvalue weighted by Crippen LogP contribution is -2.46. The molecule has 2 atom stereocenters. The van der Waals surface area contributed by atoms with Crippen LogP contribution in [0.3, 0.4) is 0 Å². The van der Waals surface area contributed by atoms with E-state index < -0.39 is 17.4 Å². The molecule has 0 aliphatic carbocycles. The molecular weight excluding hydrogens is 206 g/mol. The number of carbonyl (C=O) groups is 2. The summed E-state index contributed by atoms with van der Waals surface area (Å²) in [5, 5.41) is 11.3. The number of amides is 1. The fourth-order valence-electron chi connectivity index (χ4n) is 1.45. The number of carboxylic acids is 1. The number of aliphatic carboxylic acids is 1. The molecule has 0 fully saturated rings. The molecule has 4 nitrogen and oxygen atoms in total. The van der Waals surface area contributed by atoms with E-state index in [-0.39, 0.29) is 5.91 Å². The van der Waals surface area contributed by atoms with Crippen molar-refractivity contribution in [1.29, 1.82) is 0 Å². The second-order valence-electron chi connectivity index (χ2n) is 4.55. The zero-order valence-electron chi connectivity index (χ0n) is 10.7. The third-order valence-corrected chi connectivity index (χ3v) is 3.13. The number of hydrogen-bond donors (Lipinski definition) is 2. The highest BCUT2D eigenvalue weighted by Gasteiger charge is 2.32. The molecule has 1 amide bonds. The largest absolute Gasteiger partial charge is 0.480 e. The first-order valence-corrected chi connectivity index (χ1v) is 5.91. The average molecular weight is 229 g/mol. The Bertz CT molecular complexity index is 253.